The first-order valence-corrected chi connectivity index (χ1v) is 9.42. The van der Waals surface area contributed by atoms with Gasteiger partial charge in [-0.05, 0) is 22.8 Å². The van der Waals surface area contributed by atoms with Crippen LogP contribution in [-0.4, -0.2) is 11.6 Å². The Morgan fingerprint density at radius 1 is 0.483 bits per heavy atom. The van der Waals surface area contributed by atoms with Gasteiger partial charge in [-0.25, -0.2) is 0 Å². The van der Waals surface area contributed by atoms with Gasteiger partial charge in [-0.2, -0.15) is 0 Å². The summed E-state index contributed by atoms with van der Waals surface area (Å²) in [6.07, 6.45) is 0. The van der Waals surface area contributed by atoms with Crippen molar-refractivity contribution in [2.24, 2.45) is 0 Å². The first-order valence-electron chi connectivity index (χ1n) is 9.42. The lowest BCUT2D eigenvalue weighted by molar-refractivity contribution is 0.0980. The standard InChI is InChI=1S/C26H17NO2/c27-21-15-20(16-9-3-1-4-10-16)23-24(22(21)17-11-5-2-6-12-17)26(29)19-14-8-7-13-18(19)25(23)28/h1-15H,27H2. The predicted molar refractivity (Wildman–Crippen MR) is 115 cm³/mol. The Labute approximate surface area is 168 Å². The molecule has 4 aromatic carbocycles. The van der Waals surface area contributed by atoms with Crippen LogP contribution < -0.4 is 5.73 Å². The summed E-state index contributed by atoms with van der Waals surface area (Å²) in [7, 11) is 0. The quantitative estimate of drug-likeness (QED) is 0.422. The van der Waals surface area contributed by atoms with Crippen LogP contribution >= 0.6 is 0 Å². The predicted octanol–water partition coefficient (Wildman–Crippen LogP) is 5.38. The number of carbonyl (C=O) groups excluding carboxylic acids is 2. The summed E-state index contributed by atoms with van der Waals surface area (Å²) in [4.78, 5) is 27.1. The monoisotopic (exact) mass is 375 g/mol. The molecule has 3 heteroatoms. The molecule has 5 rings (SSSR count). The number of benzene rings is 4. The van der Waals surface area contributed by atoms with E-state index in [0.29, 0.717) is 39.1 Å². The maximum absolute atomic E-state index is 13.6. The number of carbonyl (C=O) groups is 2. The zero-order chi connectivity index (χ0) is 20.0. The molecule has 0 saturated heterocycles. The fourth-order valence-electron chi connectivity index (χ4n) is 4.08. The average Bonchev–Trinajstić information content (AvgIpc) is 2.78. The van der Waals surface area contributed by atoms with Crippen LogP contribution in [0.15, 0.2) is 91.0 Å². The number of rotatable bonds is 2. The molecule has 0 bridgehead atoms. The van der Waals surface area contributed by atoms with Gasteiger partial charge in [-0.15, -0.1) is 0 Å². The normalized spacial score (nSPS) is 12.4. The molecule has 0 saturated carbocycles. The van der Waals surface area contributed by atoms with Gasteiger partial charge < -0.3 is 5.73 Å². The van der Waals surface area contributed by atoms with Crippen LogP contribution in [0.4, 0.5) is 5.69 Å². The van der Waals surface area contributed by atoms with E-state index in [0.717, 1.165) is 11.1 Å². The van der Waals surface area contributed by atoms with E-state index in [4.69, 9.17) is 5.73 Å². The zero-order valence-corrected chi connectivity index (χ0v) is 15.6. The first kappa shape index (κ1) is 17.1. The van der Waals surface area contributed by atoms with Crippen molar-refractivity contribution in [3.8, 4) is 22.3 Å². The molecule has 0 heterocycles. The number of anilines is 1. The second-order valence-corrected chi connectivity index (χ2v) is 7.07. The highest BCUT2D eigenvalue weighted by molar-refractivity contribution is 6.32. The molecule has 0 spiro atoms. The second kappa shape index (κ2) is 6.57. The van der Waals surface area contributed by atoms with Crippen molar-refractivity contribution in [2.45, 2.75) is 0 Å². The lowest BCUT2D eigenvalue weighted by Crippen LogP contribution is -2.23. The van der Waals surface area contributed by atoms with Gasteiger partial charge in [-0.1, -0.05) is 84.9 Å². The van der Waals surface area contributed by atoms with Crippen LogP contribution in [0, 0.1) is 0 Å². The Balaban J connectivity index is 1.91. The van der Waals surface area contributed by atoms with Crippen LogP contribution in [0.2, 0.25) is 0 Å². The molecule has 1 aliphatic carbocycles. The van der Waals surface area contributed by atoms with E-state index in [9.17, 15) is 9.59 Å². The number of nitrogens with two attached hydrogens (primary N) is 1. The second-order valence-electron chi connectivity index (χ2n) is 7.07. The number of nitrogen functional groups attached to an aromatic ring is 1. The summed E-state index contributed by atoms with van der Waals surface area (Å²) in [6.45, 7) is 0. The highest BCUT2D eigenvalue weighted by atomic mass is 16.1. The molecule has 0 radical (unpaired) electrons. The van der Waals surface area contributed by atoms with E-state index < -0.39 is 0 Å². The van der Waals surface area contributed by atoms with Crippen LogP contribution in [0.25, 0.3) is 22.3 Å². The van der Waals surface area contributed by atoms with Crippen LogP contribution in [-0.2, 0) is 0 Å². The lowest BCUT2D eigenvalue weighted by atomic mass is 9.76. The summed E-state index contributed by atoms with van der Waals surface area (Å²) in [5.74, 6) is -0.315. The first-order chi connectivity index (χ1) is 14.2. The van der Waals surface area contributed by atoms with Crippen molar-refractivity contribution < 1.29 is 9.59 Å². The molecule has 0 unspecified atom stereocenters. The number of ketones is 2. The maximum Gasteiger partial charge on any atom is 0.195 e. The Morgan fingerprint density at radius 3 is 1.55 bits per heavy atom. The summed E-state index contributed by atoms with van der Waals surface area (Å²) >= 11 is 0. The van der Waals surface area contributed by atoms with Gasteiger partial charge in [0.25, 0.3) is 0 Å². The van der Waals surface area contributed by atoms with Crippen molar-refractivity contribution in [1.82, 2.24) is 0 Å². The fourth-order valence-corrected chi connectivity index (χ4v) is 4.08. The smallest absolute Gasteiger partial charge is 0.195 e. The van der Waals surface area contributed by atoms with E-state index in [2.05, 4.69) is 0 Å². The van der Waals surface area contributed by atoms with Crippen LogP contribution in [0.5, 0.6) is 0 Å². The highest BCUT2D eigenvalue weighted by Crippen LogP contribution is 2.43. The minimum Gasteiger partial charge on any atom is -0.398 e. The molecule has 0 atom stereocenters. The minimum atomic E-state index is -0.168. The largest absolute Gasteiger partial charge is 0.398 e. The van der Waals surface area contributed by atoms with Crippen LogP contribution in [0.1, 0.15) is 31.8 Å². The van der Waals surface area contributed by atoms with Crippen molar-refractivity contribution in [1.29, 1.82) is 0 Å². The van der Waals surface area contributed by atoms with E-state index in [-0.39, 0.29) is 11.6 Å². The number of hydrogen-bond donors (Lipinski definition) is 1. The van der Waals surface area contributed by atoms with Gasteiger partial charge in [0.1, 0.15) is 0 Å². The van der Waals surface area contributed by atoms with Gasteiger partial charge in [-0.3, -0.25) is 9.59 Å². The Hall–Kier alpha value is -3.98. The highest BCUT2D eigenvalue weighted by Gasteiger charge is 2.35. The molecule has 0 aromatic heterocycles. The van der Waals surface area contributed by atoms with Crippen molar-refractivity contribution in [2.75, 3.05) is 5.73 Å². The molecule has 3 nitrogen and oxygen atoms in total. The molecule has 0 fully saturated rings. The molecule has 1 aliphatic rings. The molecule has 2 N–H and O–H groups in total. The Morgan fingerprint density at radius 2 is 0.966 bits per heavy atom. The molecular weight excluding hydrogens is 358 g/mol. The molecule has 0 aliphatic heterocycles. The van der Waals surface area contributed by atoms with Gasteiger partial charge in [0.05, 0.1) is 0 Å². The number of fused-ring (bicyclic) bond motifs is 2. The zero-order valence-electron chi connectivity index (χ0n) is 15.6. The number of hydrogen-bond acceptors (Lipinski definition) is 3. The molecule has 4 aromatic rings. The van der Waals surface area contributed by atoms with E-state index in [1.54, 1.807) is 24.3 Å². The van der Waals surface area contributed by atoms with Crippen molar-refractivity contribution in [3.63, 3.8) is 0 Å². The summed E-state index contributed by atoms with van der Waals surface area (Å²) in [5.41, 5.74) is 11.6. The summed E-state index contributed by atoms with van der Waals surface area (Å²) in [6, 6.07) is 27.9. The SMILES string of the molecule is Nc1cc(-c2ccccc2)c2c(c1-c1ccccc1)C(=O)c1ccccc1C2=O. The minimum absolute atomic E-state index is 0.147. The van der Waals surface area contributed by atoms with E-state index >= 15 is 0 Å². The molecular formula is C26H17NO2. The lowest BCUT2D eigenvalue weighted by Gasteiger charge is -2.24. The third-order valence-electron chi connectivity index (χ3n) is 5.38. The van der Waals surface area contributed by atoms with Crippen molar-refractivity contribution in [3.05, 3.63) is 113 Å². The van der Waals surface area contributed by atoms with Gasteiger partial charge in [0.2, 0.25) is 0 Å². The van der Waals surface area contributed by atoms with E-state index in [1.165, 1.54) is 0 Å². The topological polar surface area (TPSA) is 60.2 Å². The maximum atomic E-state index is 13.6. The average molecular weight is 375 g/mol. The summed E-state index contributed by atoms with van der Waals surface area (Å²) in [5, 5.41) is 0. The van der Waals surface area contributed by atoms with Gasteiger partial charge in [0.15, 0.2) is 11.6 Å². The third kappa shape index (κ3) is 2.59. The van der Waals surface area contributed by atoms with Gasteiger partial charge >= 0.3 is 0 Å². The fraction of sp³-hybridized carbons (Fsp3) is 0. The third-order valence-corrected chi connectivity index (χ3v) is 5.38. The van der Waals surface area contributed by atoms with Crippen molar-refractivity contribution >= 4 is 17.3 Å². The molecule has 138 valence electrons. The Bertz CT molecular complexity index is 1280. The van der Waals surface area contributed by atoms with E-state index in [1.807, 2.05) is 66.7 Å². The van der Waals surface area contributed by atoms with Gasteiger partial charge in [0, 0.05) is 33.5 Å². The van der Waals surface area contributed by atoms with Crippen LogP contribution in [0.3, 0.4) is 0 Å². The molecule has 0 amide bonds. The molecule has 29 heavy (non-hydrogen) atoms. The summed E-state index contributed by atoms with van der Waals surface area (Å²) < 4.78 is 0. The Kier molecular flexibility index (Phi) is 3.88.